The van der Waals surface area contributed by atoms with Crippen molar-refractivity contribution in [2.24, 2.45) is 0 Å². The van der Waals surface area contributed by atoms with Crippen LogP contribution in [0, 0.1) is 0 Å². The highest BCUT2D eigenvalue weighted by molar-refractivity contribution is 7.13. The van der Waals surface area contributed by atoms with Crippen LogP contribution >= 0.6 is 11.3 Å². The predicted molar refractivity (Wildman–Crippen MR) is 79.9 cm³/mol. The standard InChI is InChI=1S/C16H11NO2S/c18-16(19)13-8-6-11(7-9-13)14-10-20-15(17-14)12-4-2-1-3-5-12/h1-10H,(H,18,19). The number of carbonyl (C=O) groups is 1. The third-order valence-electron chi connectivity index (χ3n) is 2.95. The molecule has 0 unspecified atom stereocenters. The molecule has 98 valence electrons. The molecule has 0 fully saturated rings. The first kappa shape index (κ1) is 12.6. The Morgan fingerprint density at radius 2 is 1.65 bits per heavy atom. The zero-order chi connectivity index (χ0) is 13.9. The number of hydrogen-bond donors (Lipinski definition) is 1. The Kier molecular flexibility index (Phi) is 3.31. The molecular weight excluding hydrogens is 270 g/mol. The van der Waals surface area contributed by atoms with Crippen LogP contribution in [-0.4, -0.2) is 16.1 Å². The van der Waals surface area contributed by atoms with Gasteiger partial charge in [-0.3, -0.25) is 0 Å². The zero-order valence-corrected chi connectivity index (χ0v) is 11.3. The molecule has 0 aliphatic carbocycles. The third kappa shape index (κ3) is 2.46. The van der Waals surface area contributed by atoms with Gasteiger partial charge in [0.15, 0.2) is 0 Å². The predicted octanol–water partition coefficient (Wildman–Crippen LogP) is 4.18. The van der Waals surface area contributed by atoms with Crippen LogP contribution < -0.4 is 0 Å². The Morgan fingerprint density at radius 3 is 2.30 bits per heavy atom. The maximum Gasteiger partial charge on any atom is 0.335 e. The van der Waals surface area contributed by atoms with E-state index in [9.17, 15) is 4.79 Å². The first-order chi connectivity index (χ1) is 9.74. The Hall–Kier alpha value is -2.46. The van der Waals surface area contributed by atoms with Crippen LogP contribution in [0.4, 0.5) is 0 Å². The average Bonchev–Trinajstić information content (AvgIpc) is 2.98. The van der Waals surface area contributed by atoms with E-state index in [-0.39, 0.29) is 5.56 Å². The highest BCUT2D eigenvalue weighted by atomic mass is 32.1. The van der Waals surface area contributed by atoms with E-state index < -0.39 is 5.97 Å². The number of carboxylic acids is 1. The van der Waals surface area contributed by atoms with Crippen LogP contribution in [0.15, 0.2) is 60.0 Å². The van der Waals surface area contributed by atoms with Crippen molar-refractivity contribution in [3.05, 3.63) is 65.5 Å². The SMILES string of the molecule is O=C(O)c1ccc(-c2csc(-c3ccccc3)n2)cc1. The van der Waals surface area contributed by atoms with Gasteiger partial charge in [-0.25, -0.2) is 9.78 Å². The van der Waals surface area contributed by atoms with Gasteiger partial charge in [0.1, 0.15) is 5.01 Å². The van der Waals surface area contributed by atoms with Crippen molar-refractivity contribution in [3.63, 3.8) is 0 Å². The largest absolute Gasteiger partial charge is 0.478 e. The number of benzene rings is 2. The molecule has 4 heteroatoms. The quantitative estimate of drug-likeness (QED) is 0.783. The van der Waals surface area contributed by atoms with Crippen LogP contribution in [0.3, 0.4) is 0 Å². The Morgan fingerprint density at radius 1 is 0.950 bits per heavy atom. The Bertz CT molecular complexity index is 733. The molecule has 20 heavy (non-hydrogen) atoms. The maximum atomic E-state index is 10.8. The van der Waals surface area contributed by atoms with Crippen molar-refractivity contribution in [2.75, 3.05) is 0 Å². The lowest BCUT2D eigenvalue weighted by atomic mass is 10.1. The molecule has 1 N–H and O–H groups in total. The first-order valence-electron chi connectivity index (χ1n) is 6.09. The second-order valence-corrected chi connectivity index (χ2v) is 5.14. The number of aromatic carboxylic acids is 1. The topological polar surface area (TPSA) is 50.2 Å². The van der Waals surface area contributed by atoms with E-state index in [1.54, 1.807) is 35.6 Å². The molecule has 3 rings (SSSR count). The molecule has 3 nitrogen and oxygen atoms in total. The lowest BCUT2D eigenvalue weighted by molar-refractivity contribution is 0.0697. The van der Waals surface area contributed by atoms with Crippen LogP contribution in [0.1, 0.15) is 10.4 Å². The van der Waals surface area contributed by atoms with Gasteiger partial charge in [0, 0.05) is 16.5 Å². The summed E-state index contributed by atoms with van der Waals surface area (Å²) < 4.78 is 0. The van der Waals surface area contributed by atoms with Crippen molar-refractivity contribution >= 4 is 17.3 Å². The summed E-state index contributed by atoms with van der Waals surface area (Å²) in [6.45, 7) is 0. The number of nitrogens with zero attached hydrogens (tertiary/aromatic N) is 1. The van der Waals surface area contributed by atoms with Gasteiger partial charge in [-0.2, -0.15) is 0 Å². The van der Waals surface area contributed by atoms with Gasteiger partial charge in [-0.05, 0) is 12.1 Å². The van der Waals surface area contributed by atoms with Crippen molar-refractivity contribution in [2.45, 2.75) is 0 Å². The molecule has 0 bridgehead atoms. The maximum absolute atomic E-state index is 10.8. The van der Waals surface area contributed by atoms with Crippen molar-refractivity contribution in [3.8, 4) is 21.8 Å². The van der Waals surface area contributed by atoms with Crippen LogP contribution in [-0.2, 0) is 0 Å². The lowest BCUT2D eigenvalue weighted by Gasteiger charge is -1.98. The molecule has 3 aromatic rings. The molecule has 0 aliphatic heterocycles. The molecule has 0 radical (unpaired) electrons. The van der Waals surface area contributed by atoms with Crippen molar-refractivity contribution in [1.29, 1.82) is 0 Å². The summed E-state index contributed by atoms with van der Waals surface area (Å²) in [5.74, 6) is -0.917. The van der Waals surface area contributed by atoms with Crippen LogP contribution in [0.5, 0.6) is 0 Å². The van der Waals surface area contributed by atoms with E-state index >= 15 is 0 Å². The lowest BCUT2D eigenvalue weighted by Crippen LogP contribution is -1.94. The number of hydrogen-bond acceptors (Lipinski definition) is 3. The van der Waals surface area contributed by atoms with Crippen LogP contribution in [0.2, 0.25) is 0 Å². The average molecular weight is 281 g/mol. The minimum atomic E-state index is -0.917. The van der Waals surface area contributed by atoms with Gasteiger partial charge in [0.2, 0.25) is 0 Å². The van der Waals surface area contributed by atoms with Gasteiger partial charge in [0.25, 0.3) is 0 Å². The van der Waals surface area contributed by atoms with E-state index in [0.29, 0.717) is 0 Å². The summed E-state index contributed by atoms with van der Waals surface area (Å²) >= 11 is 1.58. The molecule has 2 aromatic carbocycles. The summed E-state index contributed by atoms with van der Waals surface area (Å²) in [6, 6.07) is 16.8. The molecule has 0 atom stereocenters. The highest BCUT2D eigenvalue weighted by Gasteiger charge is 2.07. The smallest absolute Gasteiger partial charge is 0.335 e. The molecule has 0 amide bonds. The van der Waals surface area contributed by atoms with Gasteiger partial charge in [-0.15, -0.1) is 11.3 Å². The second kappa shape index (κ2) is 5.27. The van der Waals surface area contributed by atoms with Gasteiger partial charge in [-0.1, -0.05) is 42.5 Å². The van der Waals surface area contributed by atoms with E-state index in [1.807, 2.05) is 35.7 Å². The van der Waals surface area contributed by atoms with E-state index in [0.717, 1.165) is 21.8 Å². The molecule has 0 spiro atoms. The number of aromatic nitrogens is 1. The van der Waals surface area contributed by atoms with Gasteiger partial charge < -0.3 is 5.11 Å². The fourth-order valence-corrected chi connectivity index (χ4v) is 2.74. The summed E-state index contributed by atoms with van der Waals surface area (Å²) in [5.41, 5.74) is 3.16. The summed E-state index contributed by atoms with van der Waals surface area (Å²) in [5, 5.41) is 11.8. The number of thiazole rings is 1. The normalized spacial score (nSPS) is 10.4. The van der Waals surface area contributed by atoms with Crippen LogP contribution in [0.25, 0.3) is 21.8 Å². The minimum absolute atomic E-state index is 0.285. The van der Waals surface area contributed by atoms with Gasteiger partial charge >= 0.3 is 5.97 Å². The van der Waals surface area contributed by atoms with Gasteiger partial charge in [0.05, 0.1) is 11.3 Å². The Labute approximate surface area is 120 Å². The fourth-order valence-electron chi connectivity index (χ4n) is 1.90. The van der Waals surface area contributed by atoms with E-state index in [2.05, 4.69) is 4.98 Å². The number of carboxylic acid groups (broad SMARTS) is 1. The third-order valence-corrected chi connectivity index (χ3v) is 3.84. The molecule has 1 heterocycles. The molecule has 0 saturated heterocycles. The minimum Gasteiger partial charge on any atom is -0.478 e. The van der Waals surface area contributed by atoms with E-state index in [4.69, 9.17) is 5.11 Å². The number of rotatable bonds is 3. The highest BCUT2D eigenvalue weighted by Crippen LogP contribution is 2.28. The Balaban J connectivity index is 1.92. The van der Waals surface area contributed by atoms with Crippen molar-refractivity contribution < 1.29 is 9.90 Å². The summed E-state index contributed by atoms with van der Waals surface area (Å²) in [6.07, 6.45) is 0. The molecule has 0 saturated carbocycles. The fraction of sp³-hybridized carbons (Fsp3) is 0. The first-order valence-corrected chi connectivity index (χ1v) is 6.97. The molecular formula is C16H11NO2S. The van der Waals surface area contributed by atoms with Crippen molar-refractivity contribution in [1.82, 2.24) is 4.98 Å². The molecule has 1 aromatic heterocycles. The zero-order valence-electron chi connectivity index (χ0n) is 10.5. The summed E-state index contributed by atoms with van der Waals surface area (Å²) in [7, 11) is 0. The second-order valence-electron chi connectivity index (χ2n) is 4.29. The van der Waals surface area contributed by atoms with E-state index in [1.165, 1.54) is 0 Å². The monoisotopic (exact) mass is 281 g/mol. The molecule has 0 aliphatic rings. The summed E-state index contributed by atoms with van der Waals surface area (Å²) in [4.78, 5) is 15.4.